The molecule has 126 valence electrons. The van der Waals surface area contributed by atoms with E-state index in [4.69, 9.17) is 5.26 Å². The number of nitrogens with one attached hydrogen (secondary N) is 1. The number of anilines is 1. The van der Waals surface area contributed by atoms with Crippen LogP contribution in [0.3, 0.4) is 0 Å². The highest BCUT2D eigenvalue weighted by atomic mass is 32.1. The van der Waals surface area contributed by atoms with Crippen molar-refractivity contribution < 1.29 is 4.79 Å². The summed E-state index contributed by atoms with van der Waals surface area (Å²) in [5, 5.41) is 14.2. The van der Waals surface area contributed by atoms with Crippen LogP contribution in [0.15, 0.2) is 35.7 Å². The predicted molar refractivity (Wildman–Crippen MR) is 99.1 cm³/mol. The lowest BCUT2D eigenvalue weighted by atomic mass is 9.87. The summed E-state index contributed by atoms with van der Waals surface area (Å²) in [5.74, 6) is -0.109. The fourth-order valence-electron chi connectivity index (χ4n) is 2.38. The van der Waals surface area contributed by atoms with E-state index in [1.54, 1.807) is 11.4 Å². The van der Waals surface area contributed by atoms with Crippen molar-refractivity contribution in [2.45, 2.75) is 32.7 Å². The average Bonchev–Trinajstić information content (AvgIpc) is 2.93. The molecule has 2 rings (SSSR count). The van der Waals surface area contributed by atoms with Crippen LogP contribution in [0.2, 0.25) is 0 Å². The lowest BCUT2D eigenvalue weighted by Gasteiger charge is -2.20. The van der Waals surface area contributed by atoms with Crippen LogP contribution in [0.4, 0.5) is 5.00 Å². The van der Waals surface area contributed by atoms with Crippen molar-refractivity contribution in [1.82, 2.24) is 4.90 Å². The first-order valence-electron chi connectivity index (χ1n) is 7.85. The molecule has 1 N–H and O–H groups in total. The maximum absolute atomic E-state index is 12.1. The van der Waals surface area contributed by atoms with E-state index in [9.17, 15) is 4.79 Å². The number of amides is 1. The molecule has 0 saturated heterocycles. The summed E-state index contributed by atoms with van der Waals surface area (Å²) in [6, 6.07) is 12.3. The molecule has 2 aromatic rings. The van der Waals surface area contributed by atoms with Gasteiger partial charge in [0.15, 0.2) is 0 Å². The summed E-state index contributed by atoms with van der Waals surface area (Å²) in [7, 11) is 1.91. The van der Waals surface area contributed by atoms with Crippen LogP contribution in [-0.4, -0.2) is 24.4 Å². The molecule has 1 aromatic heterocycles. The number of hydrogen-bond acceptors (Lipinski definition) is 4. The maximum Gasteiger partial charge on any atom is 0.239 e. The number of nitriles is 1. The molecule has 1 amide bonds. The average molecular weight is 341 g/mol. The van der Waals surface area contributed by atoms with Gasteiger partial charge in [-0.05, 0) is 35.0 Å². The number of nitrogens with zero attached hydrogens (tertiary/aromatic N) is 2. The number of rotatable bonds is 5. The first-order chi connectivity index (χ1) is 11.3. The van der Waals surface area contributed by atoms with Crippen molar-refractivity contribution in [1.29, 1.82) is 5.26 Å². The topological polar surface area (TPSA) is 56.1 Å². The molecule has 1 aromatic carbocycles. The molecule has 4 nitrogen and oxygen atoms in total. The summed E-state index contributed by atoms with van der Waals surface area (Å²) < 4.78 is 0. The lowest BCUT2D eigenvalue weighted by Crippen LogP contribution is -2.29. The molecule has 0 aliphatic rings. The van der Waals surface area contributed by atoms with Crippen LogP contribution in [-0.2, 0) is 16.8 Å². The van der Waals surface area contributed by atoms with Crippen LogP contribution in [0.1, 0.15) is 37.5 Å². The van der Waals surface area contributed by atoms with Gasteiger partial charge >= 0.3 is 0 Å². The molecule has 0 aliphatic heterocycles. The van der Waals surface area contributed by atoms with Gasteiger partial charge in [0.1, 0.15) is 11.1 Å². The monoisotopic (exact) mass is 341 g/mol. The van der Waals surface area contributed by atoms with Gasteiger partial charge in [-0.15, -0.1) is 11.3 Å². The summed E-state index contributed by atoms with van der Waals surface area (Å²) in [5.41, 5.74) is 3.12. The number of carbonyl (C=O) groups is 1. The van der Waals surface area contributed by atoms with Crippen LogP contribution in [0, 0.1) is 11.3 Å². The first-order valence-corrected chi connectivity index (χ1v) is 8.73. The first kappa shape index (κ1) is 18.2. The smallest absolute Gasteiger partial charge is 0.239 e. The zero-order valence-electron chi connectivity index (χ0n) is 14.6. The van der Waals surface area contributed by atoms with Gasteiger partial charge in [-0.2, -0.15) is 5.26 Å². The molecule has 0 spiro atoms. The Morgan fingerprint density at radius 3 is 2.50 bits per heavy atom. The highest BCUT2D eigenvalue weighted by Crippen LogP contribution is 2.23. The molecule has 0 unspecified atom stereocenters. The molecular weight excluding hydrogens is 318 g/mol. The van der Waals surface area contributed by atoms with E-state index in [0.29, 0.717) is 17.1 Å². The van der Waals surface area contributed by atoms with E-state index < -0.39 is 0 Å². The molecule has 24 heavy (non-hydrogen) atoms. The zero-order chi connectivity index (χ0) is 17.7. The molecule has 0 fully saturated rings. The number of thiophene rings is 1. The van der Waals surface area contributed by atoms with Gasteiger partial charge in [-0.1, -0.05) is 45.0 Å². The molecule has 1 heterocycles. The van der Waals surface area contributed by atoms with Crippen molar-refractivity contribution in [3.05, 3.63) is 52.4 Å². The second-order valence-electron chi connectivity index (χ2n) is 6.94. The zero-order valence-corrected chi connectivity index (χ0v) is 15.4. The fourth-order valence-corrected chi connectivity index (χ4v) is 3.14. The molecule has 0 atom stereocenters. The second kappa shape index (κ2) is 7.61. The third-order valence-electron chi connectivity index (χ3n) is 3.72. The van der Waals surface area contributed by atoms with Crippen molar-refractivity contribution in [3.63, 3.8) is 0 Å². The van der Waals surface area contributed by atoms with Gasteiger partial charge < -0.3 is 5.32 Å². The molecule has 0 saturated carbocycles. The Bertz CT molecular complexity index is 735. The number of carbonyl (C=O) groups excluding carboxylic acids is 1. The van der Waals surface area contributed by atoms with E-state index in [-0.39, 0.29) is 17.9 Å². The SMILES string of the molecule is CN(CC(=O)Nc1sccc1C#N)Cc1ccc(C(C)(C)C)cc1. The van der Waals surface area contributed by atoms with Crippen LogP contribution >= 0.6 is 11.3 Å². The number of likely N-dealkylation sites (N-methyl/N-ethyl adjacent to an activating group) is 1. The van der Waals surface area contributed by atoms with Crippen LogP contribution in [0.5, 0.6) is 0 Å². The highest BCUT2D eigenvalue weighted by Gasteiger charge is 2.14. The van der Waals surface area contributed by atoms with E-state index in [1.807, 2.05) is 11.9 Å². The van der Waals surface area contributed by atoms with E-state index in [2.05, 4.69) is 56.4 Å². The van der Waals surface area contributed by atoms with Crippen LogP contribution < -0.4 is 5.32 Å². The van der Waals surface area contributed by atoms with E-state index in [0.717, 1.165) is 0 Å². The maximum atomic E-state index is 12.1. The second-order valence-corrected chi connectivity index (χ2v) is 7.86. The minimum atomic E-state index is -0.109. The Hall–Kier alpha value is -2.16. The summed E-state index contributed by atoms with van der Waals surface area (Å²) in [4.78, 5) is 14.1. The Kier molecular flexibility index (Phi) is 5.76. The van der Waals surface area contributed by atoms with Crippen molar-refractivity contribution in [2.24, 2.45) is 0 Å². The van der Waals surface area contributed by atoms with Crippen molar-refractivity contribution in [2.75, 3.05) is 18.9 Å². The Morgan fingerprint density at radius 2 is 1.92 bits per heavy atom. The highest BCUT2D eigenvalue weighted by molar-refractivity contribution is 7.14. The van der Waals surface area contributed by atoms with E-state index >= 15 is 0 Å². The van der Waals surface area contributed by atoms with E-state index in [1.165, 1.54) is 22.5 Å². The Balaban J connectivity index is 1.90. The fraction of sp³-hybridized carbons (Fsp3) is 0.368. The molecule has 0 radical (unpaired) electrons. The Morgan fingerprint density at radius 1 is 1.25 bits per heavy atom. The third-order valence-corrected chi connectivity index (χ3v) is 4.55. The van der Waals surface area contributed by atoms with Gasteiger partial charge in [0.05, 0.1) is 12.1 Å². The lowest BCUT2D eigenvalue weighted by molar-refractivity contribution is -0.117. The normalized spacial score (nSPS) is 11.3. The molecular formula is C19H23N3OS. The van der Waals surface area contributed by atoms with Gasteiger partial charge in [-0.25, -0.2) is 0 Å². The van der Waals surface area contributed by atoms with Crippen molar-refractivity contribution in [3.8, 4) is 6.07 Å². The number of benzene rings is 1. The third kappa shape index (κ3) is 4.92. The van der Waals surface area contributed by atoms with Crippen LogP contribution in [0.25, 0.3) is 0 Å². The molecule has 5 heteroatoms. The Labute approximate surface area is 147 Å². The van der Waals surface area contributed by atoms with Gasteiger partial charge in [-0.3, -0.25) is 9.69 Å². The number of hydrogen-bond donors (Lipinski definition) is 1. The molecule has 0 bridgehead atoms. The van der Waals surface area contributed by atoms with Crippen molar-refractivity contribution >= 4 is 22.2 Å². The largest absolute Gasteiger partial charge is 0.315 e. The standard InChI is InChI=1S/C19H23N3OS/c1-19(2,3)16-7-5-14(6-8-16)12-22(4)13-17(23)21-18-15(11-20)9-10-24-18/h5-10H,12-13H2,1-4H3,(H,21,23). The minimum Gasteiger partial charge on any atom is -0.315 e. The predicted octanol–water partition coefficient (Wildman–Crippen LogP) is 3.99. The minimum absolute atomic E-state index is 0.109. The molecule has 0 aliphatic carbocycles. The van der Waals surface area contributed by atoms with Gasteiger partial charge in [0.2, 0.25) is 5.91 Å². The van der Waals surface area contributed by atoms with Gasteiger partial charge in [0.25, 0.3) is 0 Å². The summed E-state index contributed by atoms with van der Waals surface area (Å²) in [6.07, 6.45) is 0. The summed E-state index contributed by atoms with van der Waals surface area (Å²) in [6.45, 7) is 7.56. The quantitative estimate of drug-likeness (QED) is 0.895. The summed E-state index contributed by atoms with van der Waals surface area (Å²) >= 11 is 1.36. The van der Waals surface area contributed by atoms with Gasteiger partial charge in [0, 0.05) is 6.54 Å².